The largest absolute Gasteiger partial charge is 0.337 e. The minimum Gasteiger partial charge on any atom is -0.337 e. The first-order valence-electron chi connectivity index (χ1n) is 10.7. The van der Waals surface area contributed by atoms with Gasteiger partial charge in [0.25, 0.3) is 5.91 Å². The smallest absolute Gasteiger partial charge is 0.322 e. The number of anilines is 1. The molecule has 3 amide bonds. The van der Waals surface area contributed by atoms with Gasteiger partial charge in [0.1, 0.15) is 10.7 Å². The zero-order valence-electron chi connectivity index (χ0n) is 19.0. The molecule has 6 nitrogen and oxygen atoms in total. The van der Waals surface area contributed by atoms with E-state index in [1.165, 1.54) is 11.3 Å². The number of para-hydroxylation sites is 1. The second-order valence-corrected chi connectivity index (χ2v) is 8.78. The quantitative estimate of drug-likeness (QED) is 0.574. The van der Waals surface area contributed by atoms with E-state index in [1.807, 2.05) is 50.8 Å². The van der Waals surface area contributed by atoms with Crippen LogP contribution in [0.25, 0.3) is 0 Å². The number of aromatic nitrogens is 1. The lowest BCUT2D eigenvalue weighted by atomic mass is 10.1. The summed E-state index contributed by atoms with van der Waals surface area (Å²) in [5, 5.41) is 5.61. The number of carbonyl (C=O) groups is 2. The fourth-order valence-corrected chi connectivity index (χ4v) is 4.09. The van der Waals surface area contributed by atoms with E-state index < -0.39 is 0 Å². The first-order valence-corrected chi connectivity index (χ1v) is 11.5. The van der Waals surface area contributed by atoms with Crippen LogP contribution in [0.3, 0.4) is 0 Å². The third-order valence-corrected chi connectivity index (χ3v) is 5.78. The van der Waals surface area contributed by atoms with Crippen LogP contribution in [0.4, 0.5) is 10.5 Å². The molecule has 7 heteroatoms. The lowest BCUT2D eigenvalue weighted by Crippen LogP contribution is -2.39. The SMILES string of the molecule is CCCN(CCC)C(=O)c1csc(CN(C(=O)Nc2c(C)cccc2C)C(C)C)n1. The van der Waals surface area contributed by atoms with Gasteiger partial charge in [-0.15, -0.1) is 11.3 Å². The Hall–Kier alpha value is -2.41. The van der Waals surface area contributed by atoms with Crippen molar-refractivity contribution < 1.29 is 9.59 Å². The van der Waals surface area contributed by atoms with Crippen molar-refractivity contribution in [2.24, 2.45) is 0 Å². The van der Waals surface area contributed by atoms with Crippen LogP contribution in [-0.4, -0.2) is 45.9 Å². The maximum atomic E-state index is 13.0. The number of benzene rings is 1. The Balaban J connectivity index is 2.14. The van der Waals surface area contributed by atoms with Crippen molar-refractivity contribution in [1.82, 2.24) is 14.8 Å². The van der Waals surface area contributed by atoms with Crippen molar-refractivity contribution in [1.29, 1.82) is 0 Å². The molecule has 1 aromatic heterocycles. The number of hydrogen-bond acceptors (Lipinski definition) is 4. The predicted octanol–water partition coefficient (Wildman–Crippen LogP) is 5.46. The predicted molar refractivity (Wildman–Crippen MR) is 124 cm³/mol. The first kappa shape index (κ1) is 23.9. The summed E-state index contributed by atoms with van der Waals surface area (Å²) >= 11 is 1.43. The maximum Gasteiger partial charge on any atom is 0.322 e. The average molecular weight is 431 g/mol. The molecule has 0 aliphatic carbocycles. The molecule has 0 aliphatic heterocycles. The van der Waals surface area contributed by atoms with Crippen molar-refractivity contribution in [3.05, 3.63) is 45.4 Å². The second-order valence-electron chi connectivity index (χ2n) is 7.84. The van der Waals surface area contributed by atoms with Crippen LogP contribution in [0.15, 0.2) is 23.6 Å². The van der Waals surface area contributed by atoms with Gasteiger partial charge >= 0.3 is 6.03 Å². The van der Waals surface area contributed by atoms with Crippen LogP contribution in [0, 0.1) is 13.8 Å². The van der Waals surface area contributed by atoms with E-state index in [0.29, 0.717) is 12.2 Å². The third-order valence-electron chi connectivity index (χ3n) is 4.95. The Bertz CT molecular complexity index is 836. The summed E-state index contributed by atoms with van der Waals surface area (Å²) in [6, 6.07) is 5.78. The highest BCUT2D eigenvalue weighted by Gasteiger charge is 2.22. The summed E-state index contributed by atoms with van der Waals surface area (Å²) in [6.45, 7) is 13.9. The average Bonchev–Trinajstić information content (AvgIpc) is 3.16. The monoisotopic (exact) mass is 430 g/mol. The van der Waals surface area contributed by atoms with Crippen molar-refractivity contribution in [3.63, 3.8) is 0 Å². The molecule has 2 rings (SSSR count). The molecule has 1 N–H and O–H groups in total. The van der Waals surface area contributed by atoms with Gasteiger partial charge < -0.3 is 15.1 Å². The van der Waals surface area contributed by atoms with Gasteiger partial charge in [0.2, 0.25) is 0 Å². The van der Waals surface area contributed by atoms with E-state index in [4.69, 9.17) is 0 Å². The van der Waals surface area contributed by atoms with Crippen LogP contribution >= 0.6 is 11.3 Å². The number of nitrogens with zero attached hydrogens (tertiary/aromatic N) is 3. The van der Waals surface area contributed by atoms with E-state index in [2.05, 4.69) is 24.1 Å². The molecule has 1 heterocycles. The van der Waals surface area contributed by atoms with Gasteiger partial charge in [0, 0.05) is 30.2 Å². The summed E-state index contributed by atoms with van der Waals surface area (Å²) in [5.41, 5.74) is 3.37. The zero-order chi connectivity index (χ0) is 22.3. The Morgan fingerprint density at radius 3 is 2.23 bits per heavy atom. The highest BCUT2D eigenvalue weighted by atomic mass is 32.1. The number of thiazole rings is 1. The number of hydrogen-bond donors (Lipinski definition) is 1. The highest BCUT2D eigenvalue weighted by Crippen LogP contribution is 2.22. The summed E-state index contributed by atoms with van der Waals surface area (Å²) in [6.07, 6.45) is 1.84. The fraction of sp³-hybridized carbons (Fsp3) is 0.522. The van der Waals surface area contributed by atoms with Gasteiger partial charge in [0.15, 0.2) is 0 Å². The first-order chi connectivity index (χ1) is 14.3. The van der Waals surface area contributed by atoms with Gasteiger partial charge in [-0.25, -0.2) is 9.78 Å². The van der Waals surface area contributed by atoms with Crippen LogP contribution in [0.1, 0.15) is 67.2 Å². The molecule has 0 radical (unpaired) electrons. The second kappa shape index (κ2) is 11.1. The number of urea groups is 1. The molecular formula is C23H34N4O2S. The van der Waals surface area contributed by atoms with Gasteiger partial charge in [-0.1, -0.05) is 32.0 Å². The third kappa shape index (κ3) is 6.05. The van der Waals surface area contributed by atoms with E-state index in [1.54, 1.807) is 10.3 Å². The summed E-state index contributed by atoms with van der Waals surface area (Å²) in [7, 11) is 0. The summed E-state index contributed by atoms with van der Waals surface area (Å²) in [5.74, 6) is -0.0303. The van der Waals surface area contributed by atoms with Crippen LogP contribution in [0.5, 0.6) is 0 Å². The summed E-state index contributed by atoms with van der Waals surface area (Å²) < 4.78 is 0. The molecule has 0 unspecified atom stereocenters. The van der Waals surface area contributed by atoms with Crippen molar-refractivity contribution in [2.45, 2.75) is 67.0 Å². The van der Waals surface area contributed by atoms with Crippen LogP contribution < -0.4 is 5.32 Å². The molecular weight excluding hydrogens is 396 g/mol. The maximum absolute atomic E-state index is 13.0. The fourth-order valence-electron chi connectivity index (χ4n) is 3.32. The minimum absolute atomic E-state index is 0.00550. The molecule has 164 valence electrons. The Kier molecular flexibility index (Phi) is 8.84. The van der Waals surface area contributed by atoms with Crippen LogP contribution in [-0.2, 0) is 6.54 Å². The normalized spacial score (nSPS) is 10.9. The summed E-state index contributed by atoms with van der Waals surface area (Å²) in [4.78, 5) is 33.9. The van der Waals surface area contributed by atoms with Crippen molar-refractivity contribution in [2.75, 3.05) is 18.4 Å². The van der Waals surface area contributed by atoms with E-state index in [-0.39, 0.29) is 18.0 Å². The Morgan fingerprint density at radius 1 is 1.10 bits per heavy atom. The molecule has 0 atom stereocenters. The van der Waals surface area contributed by atoms with Gasteiger partial charge in [-0.05, 0) is 51.7 Å². The molecule has 30 heavy (non-hydrogen) atoms. The number of aryl methyl sites for hydroxylation is 2. The van der Waals surface area contributed by atoms with Gasteiger partial charge in [-0.3, -0.25) is 4.79 Å². The van der Waals surface area contributed by atoms with E-state index in [9.17, 15) is 9.59 Å². The van der Waals surface area contributed by atoms with E-state index in [0.717, 1.165) is 47.8 Å². The molecule has 0 saturated carbocycles. The van der Waals surface area contributed by atoms with Crippen molar-refractivity contribution >= 4 is 29.0 Å². The van der Waals surface area contributed by atoms with Gasteiger partial charge in [-0.2, -0.15) is 0 Å². The standard InChI is InChI=1S/C23H34N4O2S/c1-7-12-26(13-8-2)22(28)19-15-30-20(24-19)14-27(16(3)4)23(29)25-21-17(5)10-9-11-18(21)6/h9-11,15-16H,7-8,12-14H2,1-6H3,(H,25,29). The molecule has 0 fully saturated rings. The highest BCUT2D eigenvalue weighted by molar-refractivity contribution is 7.09. The lowest BCUT2D eigenvalue weighted by molar-refractivity contribution is 0.0750. The van der Waals surface area contributed by atoms with E-state index >= 15 is 0 Å². The molecule has 0 saturated heterocycles. The minimum atomic E-state index is -0.163. The molecule has 0 spiro atoms. The van der Waals surface area contributed by atoms with Gasteiger partial charge in [0.05, 0.1) is 6.54 Å². The molecule has 0 aliphatic rings. The van der Waals surface area contributed by atoms with Crippen LogP contribution in [0.2, 0.25) is 0 Å². The molecule has 1 aromatic carbocycles. The number of carbonyl (C=O) groups excluding carboxylic acids is 2. The van der Waals surface area contributed by atoms with Crippen molar-refractivity contribution in [3.8, 4) is 0 Å². The number of amides is 3. The molecule has 0 bridgehead atoms. The topological polar surface area (TPSA) is 65.5 Å². The number of rotatable bonds is 9. The zero-order valence-corrected chi connectivity index (χ0v) is 19.8. The number of nitrogens with one attached hydrogen (secondary N) is 1. The Labute approximate surface area is 184 Å². The molecule has 2 aromatic rings. The lowest BCUT2D eigenvalue weighted by Gasteiger charge is -2.27. The Morgan fingerprint density at radius 2 is 1.70 bits per heavy atom.